The second-order valence-electron chi connectivity index (χ2n) is 9.91. The highest BCUT2D eigenvalue weighted by molar-refractivity contribution is 5.83. The SMILES string of the molecule is CC[C@@H](c1nnnn1C[C@@H]1CCCO1)N(Cc1ccccc1OC)Cc1cc2cc3c(cc2[nH]c1=O)OCO3. The number of tetrazole rings is 1. The molecule has 0 saturated carbocycles. The maximum atomic E-state index is 13.3. The Morgan fingerprint density at radius 2 is 1.97 bits per heavy atom. The minimum absolute atomic E-state index is 0.101. The lowest BCUT2D eigenvalue weighted by atomic mass is 10.1. The molecule has 0 bridgehead atoms. The fraction of sp³-hybridized carbons (Fsp3) is 0.429. The number of H-pyrrole nitrogens is 1. The number of pyridine rings is 1. The standard InChI is InChI=1S/C28H32N6O5/c1-3-23(27-30-31-32-34(27)16-21-8-6-10-37-21)33(14-18-7-4-5-9-24(18)36-2)15-20-11-19-12-25-26(39-17-38-25)13-22(19)29-28(20)35/h4-5,7,9,11-13,21,23H,3,6,8,10,14-17H2,1-2H3,(H,29,35)/t21-,23-/m0/s1. The van der Waals surface area contributed by atoms with Gasteiger partial charge in [-0.05, 0) is 47.9 Å². The van der Waals surface area contributed by atoms with E-state index < -0.39 is 0 Å². The van der Waals surface area contributed by atoms with E-state index in [2.05, 4.69) is 32.3 Å². The first-order valence-corrected chi connectivity index (χ1v) is 13.3. The van der Waals surface area contributed by atoms with E-state index in [0.29, 0.717) is 42.2 Å². The lowest BCUT2D eigenvalue weighted by molar-refractivity contribution is 0.0887. The molecule has 2 aliphatic heterocycles. The smallest absolute Gasteiger partial charge is 0.252 e. The van der Waals surface area contributed by atoms with E-state index in [1.165, 1.54) is 0 Å². The molecule has 1 fully saturated rings. The third kappa shape index (κ3) is 5.19. The van der Waals surface area contributed by atoms with Crippen LogP contribution in [0.25, 0.3) is 10.9 Å². The molecular formula is C28H32N6O5. The summed E-state index contributed by atoms with van der Waals surface area (Å²) in [6.45, 7) is 4.57. The van der Waals surface area contributed by atoms with Gasteiger partial charge in [-0.2, -0.15) is 0 Å². The monoisotopic (exact) mass is 532 g/mol. The highest BCUT2D eigenvalue weighted by atomic mass is 16.7. The van der Waals surface area contributed by atoms with Crippen LogP contribution in [0.1, 0.15) is 49.2 Å². The molecule has 1 saturated heterocycles. The van der Waals surface area contributed by atoms with Crippen LogP contribution in [0.5, 0.6) is 17.2 Å². The van der Waals surface area contributed by atoms with Gasteiger partial charge in [0.2, 0.25) is 6.79 Å². The fourth-order valence-electron chi connectivity index (χ4n) is 5.47. The van der Waals surface area contributed by atoms with Crippen LogP contribution in [-0.4, -0.2) is 56.7 Å². The van der Waals surface area contributed by atoms with Crippen molar-refractivity contribution in [2.45, 2.75) is 58.0 Å². The molecule has 2 aliphatic rings. The number of hydrogen-bond acceptors (Lipinski definition) is 9. The summed E-state index contributed by atoms with van der Waals surface area (Å²) in [7, 11) is 1.67. The fourth-order valence-corrected chi connectivity index (χ4v) is 5.47. The molecular weight excluding hydrogens is 500 g/mol. The van der Waals surface area contributed by atoms with Gasteiger partial charge in [-0.15, -0.1) is 5.10 Å². The number of aromatic nitrogens is 5. The zero-order valence-electron chi connectivity index (χ0n) is 22.1. The van der Waals surface area contributed by atoms with Crippen molar-refractivity contribution in [3.8, 4) is 17.2 Å². The summed E-state index contributed by atoms with van der Waals surface area (Å²) in [6, 6.07) is 13.4. The third-order valence-corrected chi connectivity index (χ3v) is 7.44. The van der Waals surface area contributed by atoms with Gasteiger partial charge in [0.05, 0.1) is 31.3 Å². The molecule has 0 aliphatic carbocycles. The molecule has 6 rings (SSSR count). The number of nitrogens with zero attached hydrogens (tertiary/aromatic N) is 5. The summed E-state index contributed by atoms with van der Waals surface area (Å²) in [6.07, 6.45) is 2.88. The summed E-state index contributed by atoms with van der Waals surface area (Å²) < 4.78 is 24.4. The number of benzene rings is 2. The Labute approximate surface area is 225 Å². The molecule has 2 aromatic carbocycles. The van der Waals surface area contributed by atoms with E-state index in [0.717, 1.165) is 48.4 Å². The van der Waals surface area contributed by atoms with Crippen molar-refractivity contribution < 1.29 is 18.9 Å². The van der Waals surface area contributed by atoms with Crippen molar-refractivity contribution >= 4 is 10.9 Å². The molecule has 2 aromatic heterocycles. The first kappa shape index (κ1) is 25.3. The second-order valence-corrected chi connectivity index (χ2v) is 9.91. The van der Waals surface area contributed by atoms with E-state index in [1.54, 1.807) is 7.11 Å². The molecule has 0 radical (unpaired) electrons. The number of nitrogens with one attached hydrogen (secondary N) is 1. The van der Waals surface area contributed by atoms with E-state index in [1.807, 2.05) is 47.1 Å². The Morgan fingerprint density at radius 3 is 2.77 bits per heavy atom. The molecule has 4 heterocycles. The number of aromatic amines is 1. The minimum Gasteiger partial charge on any atom is -0.496 e. The summed E-state index contributed by atoms with van der Waals surface area (Å²) in [5.74, 6) is 2.85. The van der Waals surface area contributed by atoms with Crippen molar-refractivity contribution in [1.82, 2.24) is 30.1 Å². The van der Waals surface area contributed by atoms with Gasteiger partial charge >= 0.3 is 0 Å². The quantitative estimate of drug-likeness (QED) is 0.327. The lowest BCUT2D eigenvalue weighted by Gasteiger charge is -2.31. The number of para-hydroxylation sites is 1. The average Bonchev–Trinajstić information content (AvgIpc) is 3.72. The largest absolute Gasteiger partial charge is 0.496 e. The van der Waals surface area contributed by atoms with Gasteiger partial charge in [-0.1, -0.05) is 25.1 Å². The predicted molar refractivity (Wildman–Crippen MR) is 143 cm³/mol. The van der Waals surface area contributed by atoms with E-state index in [-0.39, 0.29) is 24.5 Å². The van der Waals surface area contributed by atoms with Crippen molar-refractivity contribution in [3.05, 3.63) is 69.8 Å². The van der Waals surface area contributed by atoms with E-state index in [4.69, 9.17) is 18.9 Å². The van der Waals surface area contributed by atoms with Crippen LogP contribution in [-0.2, 0) is 24.4 Å². The lowest BCUT2D eigenvalue weighted by Crippen LogP contribution is -2.33. The highest BCUT2D eigenvalue weighted by Crippen LogP contribution is 2.36. The molecule has 0 amide bonds. The van der Waals surface area contributed by atoms with Crippen molar-refractivity contribution in [2.24, 2.45) is 0 Å². The van der Waals surface area contributed by atoms with Crippen LogP contribution in [0.3, 0.4) is 0 Å². The van der Waals surface area contributed by atoms with Crippen LogP contribution >= 0.6 is 0 Å². The van der Waals surface area contributed by atoms with Gasteiger partial charge in [0, 0.05) is 42.3 Å². The molecule has 4 aromatic rings. The van der Waals surface area contributed by atoms with Gasteiger partial charge in [0.15, 0.2) is 17.3 Å². The van der Waals surface area contributed by atoms with E-state index in [9.17, 15) is 4.79 Å². The Bertz CT molecular complexity index is 1510. The molecule has 11 heteroatoms. The number of rotatable bonds is 10. The van der Waals surface area contributed by atoms with Gasteiger partial charge < -0.3 is 23.9 Å². The molecule has 39 heavy (non-hydrogen) atoms. The third-order valence-electron chi connectivity index (χ3n) is 7.44. The number of methoxy groups -OCH3 is 1. The second kappa shape index (κ2) is 11.0. The van der Waals surface area contributed by atoms with Crippen LogP contribution in [0, 0.1) is 0 Å². The maximum Gasteiger partial charge on any atom is 0.252 e. The first-order valence-electron chi connectivity index (χ1n) is 13.3. The normalized spacial score (nSPS) is 17.3. The Kier molecular flexibility index (Phi) is 7.16. The highest BCUT2D eigenvalue weighted by Gasteiger charge is 2.28. The first-order chi connectivity index (χ1) is 19.1. The predicted octanol–water partition coefficient (Wildman–Crippen LogP) is 3.58. The van der Waals surface area contributed by atoms with Gasteiger partial charge in [0.1, 0.15) is 5.75 Å². The minimum atomic E-state index is -0.154. The molecule has 204 valence electrons. The van der Waals surface area contributed by atoms with Gasteiger partial charge in [-0.3, -0.25) is 9.69 Å². The van der Waals surface area contributed by atoms with Crippen LogP contribution in [0.15, 0.2) is 47.3 Å². The molecule has 11 nitrogen and oxygen atoms in total. The maximum absolute atomic E-state index is 13.3. The van der Waals surface area contributed by atoms with Crippen molar-refractivity contribution in [2.75, 3.05) is 20.5 Å². The zero-order chi connectivity index (χ0) is 26.8. The average molecular weight is 533 g/mol. The van der Waals surface area contributed by atoms with E-state index >= 15 is 0 Å². The Balaban J connectivity index is 1.37. The summed E-state index contributed by atoms with van der Waals surface area (Å²) in [4.78, 5) is 18.6. The van der Waals surface area contributed by atoms with Crippen LogP contribution in [0.4, 0.5) is 0 Å². The number of hydrogen-bond donors (Lipinski definition) is 1. The number of fused-ring (bicyclic) bond motifs is 2. The molecule has 0 spiro atoms. The summed E-state index contributed by atoms with van der Waals surface area (Å²) in [5.41, 5.74) is 2.20. The van der Waals surface area contributed by atoms with Gasteiger partial charge in [-0.25, -0.2) is 4.68 Å². The molecule has 1 N–H and O–H groups in total. The van der Waals surface area contributed by atoms with Crippen LogP contribution in [0.2, 0.25) is 0 Å². The number of ether oxygens (including phenoxy) is 4. The van der Waals surface area contributed by atoms with Crippen molar-refractivity contribution in [1.29, 1.82) is 0 Å². The Morgan fingerprint density at radius 1 is 1.15 bits per heavy atom. The van der Waals surface area contributed by atoms with Gasteiger partial charge in [0.25, 0.3) is 5.56 Å². The molecule has 0 unspecified atom stereocenters. The zero-order valence-corrected chi connectivity index (χ0v) is 22.1. The summed E-state index contributed by atoms with van der Waals surface area (Å²) >= 11 is 0. The van der Waals surface area contributed by atoms with Crippen molar-refractivity contribution in [3.63, 3.8) is 0 Å². The Hall–Kier alpha value is -3.96. The van der Waals surface area contributed by atoms with Crippen LogP contribution < -0.4 is 19.8 Å². The molecule has 2 atom stereocenters. The topological polar surface area (TPSA) is 117 Å². The summed E-state index contributed by atoms with van der Waals surface area (Å²) in [5, 5.41) is 13.6.